The van der Waals surface area contributed by atoms with Gasteiger partial charge in [-0.3, -0.25) is 9.78 Å². The Bertz CT molecular complexity index is 653. The molecule has 1 saturated heterocycles. The number of nitrogens with one attached hydrogen (secondary N) is 1. The molecule has 6 heteroatoms. The minimum absolute atomic E-state index is 0. The second kappa shape index (κ2) is 9.51. The highest BCUT2D eigenvalue weighted by molar-refractivity contribution is 5.90. The van der Waals surface area contributed by atoms with Crippen LogP contribution in [0.2, 0.25) is 0 Å². The molecular weight excluding hydrogens is 336 g/mol. The fraction of sp³-hybridized carbons (Fsp3) is 0.368. The van der Waals surface area contributed by atoms with Crippen LogP contribution in [0.5, 0.6) is 0 Å². The summed E-state index contributed by atoms with van der Waals surface area (Å²) in [5.74, 6) is 0.932. The fourth-order valence-corrected chi connectivity index (χ4v) is 3.38. The molecule has 5 nitrogen and oxygen atoms in total. The maximum atomic E-state index is 12.1. The Morgan fingerprint density at radius 1 is 1.20 bits per heavy atom. The normalized spacial score (nSPS) is 20.0. The second-order valence-corrected chi connectivity index (χ2v) is 6.31. The molecule has 0 unspecified atom stereocenters. The van der Waals surface area contributed by atoms with Crippen molar-refractivity contribution in [3.05, 3.63) is 60.4 Å². The topological polar surface area (TPSA) is 71.2 Å². The lowest BCUT2D eigenvalue weighted by Crippen LogP contribution is -2.27. The Morgan fingerprint density at radius 2 is 2.00 bits per heavy atom. The van der Waals surface area contributed by atoms with Gasteiger partial charge in [-0.2, -0.15) is 0 Å². The summed E-state index contributed by atoms with van der Waals surface area (Å²) >= 11 is 0. The molecule has 2 aromatic rings. The van der Waals surface area contributed by atoms with Crippen molar-refractivity contribution in [3.8, 4) is 0 Å². The van der Waals surface area contributed by atoms with Crippen LogP contribution in [0.15, 0.2) is 54.9 Å². The number of hydrogen-bond donors (Lipinski definition) is 2. The van der Waals surface area contributed by atoms with E-state index in [1.807, 2.05) is 18.2 Å². The van der Waals surface area contributed by atoms with Crippen LogP contribution in [0.1, 0.15) is 17.9 Å². The lowest BCUT2D eigenvalue weighted by Gasteiger charge is -2.16. The molecule has 25 heavy (non-hydrogen) atoms. The van der Waals surface area contributed by atoms with E-state index in [0.717, 1.165) is 25.3 Å². The molecule has 1 aliphatic heterocycles. The van der Waals surface area contributed by atoms with Gasteiger partial charge >= 0.3 is 0 Å². The number of pyridine rings is 1. The van der Waals surface area contributed by atoms with Crippen LogP contribution in [-0.4, -0.2) is 42.0 Å². The summed E-state index contributed by atoms with van der Waals surface area (Å²) in [6, 6.07) is 14.2. The molecule has 0 saturated carbocycles. The second-order valence-electron chi connectivity index (χ2n) is 6.31. The zero-order valence-corrected chi connectivity index (χ0v) is 15.0. The number of hydrogen-bond acceptors (Lipinski definition) is 4. The van der Waals surface area contributed by atoms with Gasteiger partial charge in [-0.1, -0.05) is 30.3 Å². The maximum absolute atomic E-state index is 12.1. The van der Waals surface area contributed by atoms with Gasteiger partial charge in [-0.25, -0.2) is 0 Å². The number of rotatable bonds is 6. The first-order valence-corrected chi connectivity index (χ1v) is 8.43. The van der Waals surface area contributed by atoms with Gasteiger partial charge in [-0.15, -0.1) is 12.4 Å². The number of nitrogens with zero attached hydrogens (tertiary/aromatic N) is 2. The van der Waals surface area contributed by atoms with E-state index < -0.39 is 0 Å². The predicted molar refractivity (Wildman–Crippen MR) is 103 cm³/mol. The Labute approximate surface area is 155 Å². The highest BCUT2D eigenvalue weighted by Gasteiger charge is 2.32. The Kier molecular flexibility index (Phi) is 7.37. The number of benzene rings is 1. The van der Waals surface area contributed by atoms with Gasteiger partial charge in [0.05, 0.1) is 11.9 Å². The Hall–Kier alpha value is -1.95. The molecule has 2 atom stereocenters. The van der Waals surface area contributed by atoms with E-state index in [-0.39, 0.29) is 18.3 Å². The number of aromatic nitrogens is 1. The molecule has 0 bridgehead atoms. The third-order valence-electron chi connectivity index (χ3n) is 4.65. The van der Waals surface area contributed by atoms with Crippen molar-refractivity contribution in [1.82, 2.24) is 9.88 Å². The number of amides is 1. The molecule has 1 aromatic heterocycles. The monoisotopic (exact) mass is 360 g/mol. The van der Waals surface area contributed by atoms with E-state index in [1.165, 1.54) is 5.56 Å². The molecule has 134 valence electrons. The summed E-state index contributed by atoms with van der Waals surface area (Å²) in [6.07, 6.45) is 3.83. The molecule has 2 heterocycles. The molecular formula is C19H25ClN4O. The first-order valence-electron chi connectivity index (χ1n) is 8.43. The average molecular weight is 361 g/mol. The number of carbonyl (C=O) groups is 1. The smallest absolute Gasteiger partial charge is 0.225 e. The Balaban J connectivity index is 0.00000225. The first-order chi connectivity index (χ1) is 11.8. The van der Waals surface area contributed by atoms with Crippen LogP contribution in [0, 0.1) is 5.92 Å². The van der Waals surface area contributed by atoms with E-state index in [4.69, 9.17) is 5.73 Å². The summed E-state index contributed by atoms with van der Waals surface area (Å²) in [4.78, 5) is 18.4. The summed E-state index contributed by atoms with van der Waals surface area (Å²) < 4.78 is 0. The minimum atomic E-state index is 0. The van der Waals surface area contributed by atoms with Gasteiger partial charge < -0.3 is 16.0 Å². The van der Waals surface area contributed by atoms with Crippen LogP contribution in [-0.2, 0) is 4.79 Å². The number of likely N-dealkylation sites (tertiary alicyclic amines) is 1. The average Bonchev–Trinajstić information content (AvgIpc) is 3.05. The van der Waals surface area contributed by atoms with Crippen molar-refractivity contribution in [2.45, 2.75) is 12.3 Å². The maximum Gasteiger partial charge on any atom is 0.225 e. The van der Waals surface area contributed by atoms with Crippen molar-refractivity contribution in [1.29, 1.82) is 0 Å². The fourth-order valence-electron chi connectivity index (χ4n) is 3.38. The standard InChI is InChI=1S/C19H24N4O.ClH/c20-11-16-13-23(14-18(16)15-5-2-1-3-6-15)10-8-19(24)22-17-7-4-9-21-12-17;/h1-7,9,12,16,18H,8,10-11,13-14,20H2,(H,22,24);1H/t16-,18+;/m1./s1. The molecule has 3 N–H and O–H groups in total. The van der Waals surface area contributed by atoms with Crippen LogP contribution in [0.25, 0.3) is 0 Å². The van der Waals surface area contributed by atoms with E-state index >= 15 is 0 Å². The molecule has 1 amide bonds. The van der Waals surface area contributed by atoms with Gasteiger partial charge in [-0.05, 0) is 30.2 Å². The van der Waals surface area contributed by atoms with Gasteiger partial charge in [0.2, 0.25) is 5.91 Å². The summed E-state index contributed by atoms with van der Waals surface area (Å²) in [7, 11) is 0. The number of nitrogens with two attached hydrogens (primary N) is 1. The van der Waals surface area contributed by atoms with Crippen LogP contribution in [0.4, 0.5) is 5.69 Å². The van der Waals surface area contributed by atoms with Gasteiger partial charge in [0, 0.05) is 38.2 Å². The quantitative estimate of drug-likeness (QED) is 0.830. The van der Waals surface area contributed by atoms with E-state index in [1.54, 1.807) is 12.4 Å². The molecule has 0 spiro atoms. The SMILES string of the molecule is Cl.NC[C@@H]1CN(CCC(=O)Nc2cccnc2)C[C@H]1c1ccccc1. The zero-order chi connectivity index (χ0) is 16.8. The molecule has 3 rings (SSSR count). The molecule has 1 aromatic carbocycles. The van der Waals surface area contributed by atoms with E-state index in [0.29, 0.717) is 24.8 Å². The van der Waals surface area contributed by atoms with Gasteiger partial charge in [0.1, 0.15) is 0 Å². The molecule has 0 aliphatic carbocycles. The summed E-state index contributed by atoms with van der Waals surface area (Å²) in [5.41, 5.74) is 8.05. The third kappa shape index (κ3) is 5.26. The first kappa shape index (κ1) is 19.4. The van der Waals surface area contributed by atoms with Gasteiger partial charge in [0.25, 0.3) is 0 Å². The molecule has 1 aliphatic rings. The highest BCUT2D eigenvalue weighted by Crippen LogP contribution is 2.31. The van der Waals surface area contributed by atoms with Crippen LogP contribution < -0.4 is 11.1 Å². The van der Waals surface area contributed by atoms with Crippen LogP contribution in [0.3, 0.4) is 0 Å². The van der Waals surface area contributed by atoms with Crippen molar-refractivity contribution in [2.75, 3.05) is 31.5 Å². The van der Waals surface area contributed by atoms with E-state index in [9.17, 15) is 4.79 Å². The van der Waals surface area contributed by atoms with Gasteiger partial charge in [0.15, 0.2) is 0 Å². The number of anilines is 1. The third-order valence-corrected chi connectivity index (χ3v) is 4.65. The summed E-state index contributed by atoms with van der Waals surface area (Å²) in [5, 5.41) is 2.88. The lowest BCUT2D eigenvalue weighted by molar-refractivity contribution is -0.116. The van der Waals surface area contributed by atoms with Crippen molar-refractivity contribution in [3.63, 3.8) is 0 Å². The largest absolute Gasteiger partial charge is 0.330 e. The minimum Gasteiger partial charge on any atom is -0.330 e. The van der Waals surface area contributed by atoms with Crippen molar-refractivity contribution >= 4 is 24.0 Å². The summed E-state index contributed by atoms with van der Waals surface area (Å²) in [6.45, 7) is 3.35. The number of carbonyl (C=O) groups excluding carboxylic acids is 1. The Morgan fingerprint density at radius 3 is 2.68 bits per heavy atom. The van der Waals surface area contributed by atoms with E-state index in [2.05, 4.69) is 39.5 Å². The van der Waals surface area contributed by atoms with Crippen molar-refractivity contribution < 1.29 is 4.79 Å². The molecule has 0 radical (unpaired) electrons. The highest BCUT2D eigenvalue weighted by atomic mass is 35.5. The molecule has 1 fully saturated rings. The number of halogens is 1. The zero-order valence-electron chi connectivity index (χ0n) is 14.2. The van der Waals surface area contributed by atoms with Crippen molar-refractivity contribution in [2.24, 2.45) is 11.7 Å². The predicted octanol–water partition coefficient (Wildman–Crippen LogP) is 2.51. The lowest BCUT2D eigenvalue weighted by atomic mass is 9.89. The van der Waals surface area contributed by atoms with Crippen LogP contribution >= 0.6 is 12.4 Å².